The van der Waals surface area contributed by atoms with E-state index < -0.39 is 0 Å². The average molecular weight is 325 g/mol. The Balaban J connectivity index is 2.31. The van der Waals surface area contributed by atoms with Crippen LogP contribution < -0.4 is 11.1 Å². The van der Waals surface area contributed by atoms with E-state index in [1.54, 1.807) is 6.07 Å². The second-order valence-corrected chi connectivity index (χ2v) is 5.91. The molecule has 0 aliphatic heterocycles. The third-order valence-corrected chi connectivity index (χ3v) is 4.02. The number of aryl methyl sites for hydroxylation is 2. The van der Waals surface area contributed by atoms with Crippen molar-refractivity contribution in [3.8, 4) is 0 Å². The lowest BCUT2D eigenvalue weighted by Gasteiger charge is -2.12. The Kier molecular flexibility index (Phi) is 3.73. The summed E-state index contributed by atoms with van der Waals surface area (Å²) in [6.45, 7) is 3.93. The molecule has 2 rings (SSSR count). The van der Waals surface area contributed by atoms with Crippen LogP contribution in [-0.2, 0) is 0 Å². The zero-order valence-corrected chi connectivity index (χ0v) is 12.5. The molecule has 1 amide bonds. The van der Waals surface area contributed by atoms with Crippen LogP contribution in [0.2, 0.25) is 0 Å². The van der Waals surface area contributed by atoms with Gasteiger partial charge in [-0.05, 0) is 48.6 Å². The highest BCUT2D eigenvalue weighted by atomic mass is 79.9. The summed E-state index contributed by atoms with van der Waals surface area (Å²) >= 11 is 4.78. The van der Waals surface area contributed by atoms with E-state index in [0.717, 1.165) is 21.3 Å². The summed E-state index contributed by atoms with van der Waals surface area (Å²) < 4.78 is 1.01. The fourth-order valence-electron chi connectivity index (χ4n) is 1.78. The molecule has 0 saturated heterocycles. The van der Waals surface area contributed by atoms with Gasteiger partial charge in [0.25, 0.3) is 5.91 Å². The highest BCUT2D eigenvalue weighted by molar-refractivity contribution is 9.10. The van der Waals surface area contributed by atoms with E-state index in [1.165, 1.54) is 11.3 Å². The number of hydrogen-bond donors (Lipinski definition) is 2. The van der Waals surface area contributed by atoms with E-state index in [1.807, 2.05) is 31.4 Å². The Bertz CT molecular complexity index is 584. The van der Waals surface area contributed by atoms with Crippen molar-refractivity contribution in [3.05, 3.63) is 44.1 Å². The van der Waals surface area contributed by atoms with Gasteiger partial charge in [0.1, 0.15) is 4.88 Å². The number of carbonyl (C=O) groups excluding carboxylic acids is 1. The second-order valence-electron chi connectivity index (χ2n) is 4.07. The highest BCUT2D eigenvalue weighted by Crippen LogP contribution is 2.27. The quantitative estimate of drug-likeness (QED) is 0.878. The maximum atomic E-state index is 12.1. The van der Waals surface area contributed by atoms with Crippen molar-refractivity contribution >= 4 is 44.5 Å². The summed E-state index contributed by atoms with van der Waals surface area (Å²) in [5, 5.41) is 4.73. The highest BCUT2D eigenvalue weighted by Gasteiger charge is 2.14. The first-order valence-electron chi connectivity index (χ1n) is 5.40. The first-order valence-corrected chi connectivity index (χ1v) is 7.07. The molecule has 1 aromatic carbocycles. The molecule has 18 heavy (non-hydrogen) atoms. The lowest BCUT2D eigenvalue weighted by Crippen LogP contribution is -2.13. The van der Waals surface area contributed by atoms with E-state index in [0.29, 0.717) is 10.6 Å². The van der Waals surface area contributed by atoms with Gasteiger partial charge < -0.3 is 11.1 Å². The minimum atomic E-state index is -0.156. The van der Waals surface area contributed by atoms with Gasteiger partial charge in [-0.25, -0.2) is 0 Å². The number of rotatable bonds is 2. The molecule has 5 heteroatoms. The van der Waals surface area contributed by atoms with Crippen LogP contribution in [0.5, 0.6) is 0 Å². The average Bonchev–Trinajstić information content (AvgIpc) is 2.69. The molecule has 0 aliphatic carbocycles. The van der Waals surface area contributed by atoms with Crippen LogP contribution in [0.1, 0.15) is 20.8 Å². The molecular formula is C13H13BrN2OS. The minimum Gasteiger partial charge on any atom is -0.397 e. The van der Waals surface area contributed by atoms with Crippen molar-refractivity contribution in [1.82, 2.24) is 0 Å². The number of nitrogen functional groups attached to an aromatic ring is 1. The third-order valence-electron chi connectivity index (χ3n) is 2.64. The Morgan fingerprint density at radius 3 is 2.44 bits per heavy atom. The molecule has 0 unspecified atom stereocenters. The molecule has 0 atom stereocenters. The molecule has 1 heterocycles. The predicted octanol–water partition coefficient (Wildman–Crippen LogP) is 3.96. The summed E-state index contributed by atoms with van der Waals surface area (Å²) in [5.41, 5.74) is 9.14. The first-order chi connectivity index (χ1) is 8.49. The number of benzene rings is 1. The van der Waals surface area contributed by atoms with Gasteiger partial charge in [-0.15, -0.1) is 11.3 Å². The van der Waals surface area contributed by atoms with Crippen molar-refractivity contribution in [3.63, 3.8) is 0 Å². The molecule has 0 spiro atoms. The predicted molar refractivity (Wildman–Crippen MR) is 80.3 cm³/mol. The Hall–Kier alpha value is -1.33. The van der Waals surface area contributed by atoms with Gasteiger partial charge in [0.15, 0.2) is 0 Å². The molecule has 0 saturated carbocycles. The van der Waals surface area contributed by atoms with Crippen molar-refractivity contribution in [2.45, 2.75) is 13.8 Å². The van der Waals surface area contributed by atoms with Crippen LogP contribution in [0.25, 0.3) is 0 Å². The van der Waals surface area contributed by atoms with Crippen molar-refractivity contribution in [2.75, 3.05) is 11.1 Å². The smallest absolute Gasteiger partial charge is 0.267 e. The Morgan fingerprint density at radius 2 is 1.94 bits per heavy atom. The fraction of sp³-hybridized carbons (Fsp3) is 0.154. The number of nitrogens with one attached hydrogen (secondary N) is 1. The van der Waals surface area contributed by atoms with Crippen LogP contribution >= 0.6 is 27.3 Å². The largest absolute Gasteiger partial charge is 0.397 e. The van der Waals surface area contributed by atoms with Crippen molar-refractivity contribution in [2.24, 2.45) is 0 Å². The number of hydrogen-bond acceptors (Lipinski definition) is 3. The second kappa shape index (κ2) is 5.12. The van der Waals surface area contributed by atoms with E-state index >= 15 is 0 Å². The van der Waals surface area contributed by atoms with Crippen molar-refractivity contribution < 1.29 is 4.79 Å². The Morgan fingerprint density at radius 1 is 1.33 bits per heavy atom. The summed E-state index contributed by atoms with van der Waals surface area (Å²) in [6.07, 6.45) is 0. The van der Waals surface area contributed by atoms with Gasteiger partial charge in [-0.1, -0.05) is 15.9 Å². The molecule has 3 N–H and O–H groups in total. The maximum absolute atomic E-state index is 12.1. The molecular weight excluding hydrogens is 312 g/mol. The molecule has 94 valence electrons. The van der Waals surface area contributed by atoms with Gasteiger partial charge in [0.05, 0.1) is 5.69 Å². The third kappa shape index (κ3) is 2.57. The topological polar surface area (TPSA) is 55.1 Å². The van der Waals surface area contributed by atoms with Gasteiger partial charge >= 0.3 is 0 Å². The summed E-state index contributed by atoms with van der Waals surface area (Å²) in [6, 6.07) is 5.68. The standard InChI is InChI=1S/C13H13BrN2OS/c1-7-5-9(14)6-8(2)11(7)16-13(17)12-10(15)3-4-18-12/h3-6H,15H2,1-2H3,(H,16,17). The number of anilines is 2. The zero-order valence-electron chi connectivity index (χ0n) is 10.1. The number of thiophene rings is 1. The Labute approximate surface area is 118 Å². The van der Waals surface area contributed by atoms with Crippen LogP contribution in [0.4, 0.5) is 11.4 Å². The van der Waals surface area contributed by atoms with Crippen LogP contribution in [0.3, 0.4) is 0 Å². The van der Waals surface area contributed by atoms with Crippen LogP contribution in [0.15, 0.2) is 28.1 Å². The molecule has 0 fully saturated rings. The lowest BCUT2D eigenvalue weighted by atomic mass is 10.1. The molecule has 0 bridgehead atoms. The zero-order chi connectivity index (χ0) is 13.3. The van der Waals surface area contributed by atoms with Crippen molar-refractivity contribution in [1.29, 1.82) is 0 Å². The lowest BCUT2D eigenvalue weighted by molar-refractivity contribution is 0.103. The molecule has 3 nitrogen and oxygen atoms in total. The molecule has 2 aromatic rings. The van der Waals surface area contributed by atoms with E-state index in [-0.39, 0.29) is 5.91 Å². The van der Waals surface area contributed by atoms with Gasteiger partial charge in [0, 0.05) is 10.2 Å². The van der Waals surface area contributed by atoms with E-state index in [4.69, 9.17) is 5.73 Å². The molecule has 0 radical (unpaired) electrons. The minimum absolute atomic E-state index is 0.156. The number of halogens is 1. The SMILES string of the molecule is Cc1cc(Br)cc(C)c1NC(=O)c1sccc1N. The van der Waals surface area contributed by atoms with Gasteiger partial charge in [0.2, 0.25) is 0 Å². The normalized spacial score (nSPS) is 10.4. The summed E-state index contributed by atoms with van der Waals surface area (Å²) in [5.74, 6) is -0.156. The van der Waals surface area contributed by atoms with Gasteiger partial charge in [-0.3, -0.25) is 4.79 Å². The molecule has 1 aromatic heterocycles. The summed E-state index contributed by atoms with van der Waals surface area (Å²) in [7, 11) is 0. The van der Waals surface area contributed by atoms with Crippen LogP contribution in [-0.4, -0.2) is 5.91 Å². The monoisotopic (exact) mass is 324 g/mol. The number of amides is 1. The maximum Gasteiger partial charge on any atom is 0.267 e. The summed E-state index contributed by atoms with van der Waals surface area (Å²) in [4.78, 5) is 12.6. The van der Waals surface area contributed by atoms with Crippen LogP contribution in [0, 0.1) is 13.8 Å². The van der Waals surface area contributed by atoms with E-state index in [9.17, 15) is 4.79 Å². The number of nitrogens with two attached hydrogens (primary N) is 1. The van der Waals surface area contributed by atoms with E-state index in [2.05, 4.69) is 21.2 Å². The number of carbonyl (C=O) groups is 1. The fourth-order valence-corrected chi connectivity index (χ4v) is 3.18. The van der Waals surface area contributed by atoms with Gasteiger partial charge in [-0.2, -0.15) is 0 Å². The molecule has 0 aliphatic rings. The first kappa shape index (κ1) is 13.1.